The highest BCUT2D eigenvalue weighted by Crippen LogP contribution is 2.02. The predicted octanol–water partition coefficient (Wildman–Crippen LogP) is 0.890. The van der Waals surface area contributed by atoms with Crippen molar-refractivity contribution in [1.82, 2.24) is 0 Å². The highest BCUT2D eigenvalue weighted by molar-refractivity contribution is 5.33. The molecule has 0 aliphatic heterocycles. The molecule has 0 aliphatic carbocycles. The molecular weight excluding hydrogens is 130 g/mol. The van der Waals surface area contributed by atoms with Crippen LogP contribution in [0.3, 0.4) is 0 Å². The molecule has 3 heteroatoms. The normalized spacial score (nSPS) is 12.9. The number of allylic oxidation sites excluding steroid dienone is 2. The first-order valence-corrected chi connectivity index (χ1v) is 2.77. The van der Waals surface area contributed by atoms with E-state index in [4.69, 9.17) is 15.5 Å². The van der Waals surface area contributed by atoms with E-state index in [9.17, 15) is 0 Å². The lowest BCUT2D eigenvalue weighted by Gasteiger charge is -1.93. The van der Waals surface area contributed by atoms with Gasteiger partial charge in [0.2, 0.25) is 0 Å². The summed E-state index contributed by atoms with van der Waals surface area (Å²) in [5.41, 5.74) is 0.845. The zero-order valence-electron chi connectivity index (χ0n) is 5.70. The molecule has 0 aromatic rings. The Kier molecular flexibility index (Phi) is 4.01. The molecule has 54 valence electrons. The fourth-order valence-corrected chi connectivity index (χ4v) is 0.461. The van der Waals surface area contributed by atoms with E-state index in [0.717, 1.165) is 6.26 Å². The molecule has 3 nitrogen and oxygen atoms in total. The second kappa shape index (κ2) is 4.59. The molecule has 10 heavy (non-hydrogen) atoms. The van der Waals surface area contributed by atoms with Gasteiger partial charge in [0.1, 0.15) is 0 Å². The average molecular weight is 139 g/mol. The number of aliphatic hydroxyl groups excluding tert-OH is 2. The van der Waals surface area contributed by atoms with Crippen molar-refractivity contribution in [3.05, 3.63) is 23.5 Å². The largest absolute Gasteiger partial charge is 0.516 e. The molecule has 0 bridgehead atoms. The number of hydrogen-bond donors (Lipinski definition) is 2. The van der Waals surface area contributed by atoms with Crippen molar-refractivity contribution in [2.75, 3.05) is 6.61 Å². The monoisotopic (exact) mass is 139 g/mol. The van der Waals surface area contributed by atoms with Crippen LogP contribution in [0.15, 0.2) is 23.5 Å². The Hall–Kier alpha value is -1.27. The topological polar surface area (TPSA) is 64.2 Å². The van der Waals surface area contributed by atoms with E-state index in [2.05, 4.69) is 0 Å². The predicted molar refractivity (Wildman–Crippen MR) is 37.2 cm³/mol. The lowest BCUT2D eigenvalue weighted by Crippen LogP contribution is -1.89. The van der Waals surface area contributed by atoms with Crippen LogP contribution in [0.2, 0.25) is 0 Å². The van der Waals surface area contributed by atoms with Crippen molar-refractivity contribution in [3.8, 4) is 6.07 Å². The lowest BCUT2D eigenvalue weighted by molar-refractivity contribution is 0.335. The van der Waals surface area contributed by atoms with Gasteiger partial charge in [-0.2, -0.15) is 5.26 Å². The zero-order valence-corrected chi connectivity index (χ0v) is 5.70. The summed E-state index contributed by atoms with van der Waals surface area (Å²) < 4.78 is 0. The number of nitriles is 1. The highest BCUT2D eigenvalue weighted by Gasteiger charge is 1.94. The maximum atomic E-state index is 8.53. The van der Waals surface area contributed by atoms with Gasteiger partial charge in [-0.3, -0.25) is 0 Å². The van der Waals surface area contributed by atoms with Gasteiger partial charge in [-0.25, -0.2) is 0 Å². The summed E-state index contributed by atoms with van der Waals surface area (Å²) in [5.74, 6) is 0. The van der Waals surface area contributed by atoms with Gasteiger partial charge in [-0.15, -0.1) is 0 Å². The third kappa shape index (κ3) is 2.33. The molecule has 0 unspecified atom stereocenters. The number of rotatable bonds is 2. The van der Waals surface area contributed by atoms with Crippen molar-refractivity contribution in [3.63, 3.8) is 0 Å². The minimum atomic E-state index is -0.285. The Balaban J connectivity index is 4.47. The molecule has 0 atom stereocenters. The lowest BCUT2D eigenvalue weighted by atomic mass is 10.1. The Morgan fingerprint density at radius 1 is 1.70 bits per heavy atom. The Bertz CT molecular complexity index is 198. The van der Waals surface area contributed by atoms with Gasteiger partial charge in [-0.1, -0.05) is 0 Å². The third-order valence-corrected chi connectivity index (χ3v) is 1.09. The van der Waals surface area contributed by atoms with Crippen LogP contribution in [0, 0.1) is 11.3 Å². The van der Waals surface area contributed by atoms with Gasteiger partial charge in [0.25, 0.3) is 0 Å². The van der Waals surface area contributed by atoms with E-state index in [1.54, 1.807) is 13.0 Å². The quantitative estimate of drug-likeness (QED) is 0.339. The minimum Gasteiger partial charge on any atom is -0.516 e. The maximum absolute atomic E-state index is 8.53. The SMILES string of the molecule is CC(/C=C/O)=C(\C#N)CO. The molecule has 0 aromatic heterocycles. The summed E-state index contributed by atoms with van der Waals surface area (Å²) in [4.78, 5) is 0. The molecule has 0 saturated carbocycles. The van der Waals surface area contributed by atoms with E-state index in [1.165, 1.54) is 6.08 Å². The summed E-state index contributed by atoms with van der Waals surface area (Å²) in [6, 6.07) is 1.80. The third-order valence-electron chi connectivity index (χ3n) is 1.09. The van der Waals surface area contributed by atoms with E-state index < -0.39 is 0 Å². The van der Waals surface area contributed by atoms with Crippen molar-refractivity contribution in [2.45, 2.75) is 6.92 Å². The Morgan fingerprint density at radius 2 is 2.30 bits per heavy atom. The second-order valence-corrected chi connectivity index (χ2v) is 1.75. The van der Waals surface area contributed by atoms with Crippen LogP contribution in [0.4, 0.5) is 0 Å². The first-order valence-electron chi connectivity index (χ1n) is 2.77. The molecule has 0 rings (SSSR count). The molecule has 0 saturated heterocycles. The van der Waals surface area contributed by atoms with Gasteiger partial charge >= 0.3 is 0 Å². The van der Waals surface area contributed by atoms with Gasteiger partial charge in [-0.05, 0) is 18.6 Å². The number of aliphatic hydroxyl groups is 2. The van der Waals surface area contributed by atoms with Crippen LogP contribution in [-0.4, -0.2) is 16.8 Å². The fraction of sp³-hybridized carbons (Fsp3) is 0.286. The minimum absolute atomic E-state index is 0.269. The van der Waals surface area contributed by atoms with Crippen LogP contribution in [0.5, 0.6) is 0 Å². The molecule has 0 fully saturated rings. The Labute approximate surface area is 59.5 Å². The van der Waals surface area contributed by atoms with Crippen molar-refractivity contribution in [1.29, 1.82) is 5.26 Å². The van der Waals surface area contributed by atoms with Crippen LogP contribution in [-0.2, 0) is 0 Å². The van der Waals surface area contributed by atoms with Crippen molar-refractivity contribution in [2.24, 2.45) is 0 Å². The molecule has 2 N–H and O–H groups in total. The average Bonchev–Trinajstić information content (AvgIpc) is 1.91. The van der Waals surface area contributed by atoms with E-state index in [1.807, 2.05) is 0 Å². The molecule has 0 spiro atoms. The molecule has 0 radical (unpaired) electrons. The maximum Gasteiger partial charge on any atom is 0.0974 e. The van der Waals surface area contributed by atoms with Crippen molar-refractivity contribution < 1.29 is 10.2 Å². The molecule has 0 heterocycles. The van der Waals surface area contributed by atoms with Crippen LogP contribution in [0.1, 0.15) is 6.92 Å². The summed E-state index contributed by atoms with van der Waals surface area (Å²) in [6.07, 6.45) is 2.19. The van der Waals surface area contributed by atoms with Crippen molar-refractivity contribution >= 4 is 0 Å². The van der Waals surface area contributed by atoms with Gasteiger partial charge in [0.05, 0.1) is 24.5 Å². The summed E-state index contributed by atoms with van der Waals surface area (Å²) >= 11 is 0. The summed E-state index contributed by atoms with van der Waals surface area (Å²) in [6.45, 7) is 1.36. The number of nitrogens with zero attached hydrogens (tertiary/aromatic N) is 1. The number of hydrogen-bond acceptors (Lipinski definition) is 3. The van der Waals surface area contributed by atoms with Crippen LogP contribution >= 0.6 is 0 Å². The van der Waals surface area contributed by atoms with E-state index in [-0.39, 0.29) is 12.2 Å². The molecular formula is C7H9NO2. The van der Waals surface area contributed by atoms with Gasteiger partial charge in [0, 0.05) is 0 Å². The first-order chi connectivity index (χ1) is 4.76. The molecule has 0 aliphatic rings. The first kappa shape index (κ1) is 8.73. The summed E-state index contributed by atoms with van der Waals surface area (Å²) in [7, 11) is 0. The molecule has 0 amide bonds. The fourth-order valence-electron chi connectivity index (χ4n) is 0.461. The van der Waals surface area contributed by atoms with Crippen LogP contribution < -0.4 is 0 Å². The Morgan fingerprint density at radius 3 is 2.60 bits per heavy atom. The second-order valence-electron chi connectivity index (χ2n) is 1.75. The smallest absolute Gasteiger partial charge is 0.0974 e. The standard InChI is InChI=1S/C7H9NO2/c1-6(2-3-9)7(4-8)5-10/h2-3,9-10H,5H2,1H3/b3-2+,7-6-. The zero-order chi connectivity index (χ0) is 7.98. The molecule has 0 aromatic carbocycles. The summed E-state index contributed by atoms with van der Waals surface area (Å²) in [5, 5.41) is 25.1. The van der Waals surface area contributed by atoms with Gasteiger partial charge in [0.15, 0.2) is 0 Å². The highest BCUT2D eigenvalue weighted by atomic mass is 16.3. The van der Waals surface area contributed by atoms with E-state index >= 15 is 0 Å². The van der Waals surface area contributed by atoms with Crippen LogP contribution in [0.25, 0.3) is 0 Å². The van der Waals surface area contributed by atoms with E-state index in [0.29, 0.717) is 5.57 Å². The van der Waals surface area contributed by atoms with Gasteiger partial charge < -0.3 is 10.2 Å².